The lowest BCUT2D eigenvalue weighted by Crippen LogP contribution is -2.58. The number of fused-ring (bicyclic) bond motifs is 3. The van der Waals surface area contributed by atoms with E-state index in [-0.39, 0.29) is 6.42 Å². The number of furan rings is 1. The second-order valence-corrected chi connectivity index (χ2v) is 9.58. The molecule has 2 saturated heterocycles. The minimum Gasteiger partial charge on any atom is -0.465 e. The van der Waals surface area contributed by atoms with Gasteiger partial charge in [0.25, 0.3) is 0 Å². The maximum Gasteiger partial charge on any atom is 0.407 e. The van der Waals surface area contributed by atoms with Crippen molar-refractivity contribution in [3.63, 3.8) is 0 Å². The Labute approximate surface area is 199 Å². The molecular weight excluding hydrogens is 490 g/mol. The lowest BCUT2D eigenvalue weighted by molar-refractivity contribution is 0.119. The first-order valence-electron chi connectivity index (χ1n) is 10.8. The third-order valence-corrected chi connectivity index (χ3v) is 7.21. The zero-order chi connectivity index (χ0) is 23.3. The highest BCUT2D eigenvalue weighted by molar-refractivity contribution is 9.10. The van der Waals surface area contributed by atoms with Crippen LogP contribution in [0.15, 0.2) is 27.3 Å². The number of halogens is 1. The molecule has 4 heterocycles. The monoisotopic (exact) mass is 513 g/mol. The Balaban J connectivity index is 1.61. The smallest absolute Gasteiger partial charge is 0.407 e. The molecule has 0 aliphatic carbocycles. The van der Waals surface area contributed by atoms with E-state index in [0.717, 1.165) is 33.9 Å². The van der Waals surface area contributed by atoms with Gasteiger partial charge in [0.1, 0.15) is 11.4 Å². The van der Waals surface area contributed by atoms with Crippen LogP contribution in [0.3, 0.4) is 0 Å². The number of nitriles is 1. The van der Waals surface area contributed by atoms with Gasteiger partial charge >= 0.3 is 6.09 Å². The largest absolute Gasteiger partial charge is 0.465 e. The van der Waals surface area contributed by atoms with Crippen molar-refractivity contribution >= 4 is 55.7 Å². The number of nitrogens with zero attached hydrogens (tertiary/aromatic N) is 7. The van der Waals surface area contributed by atoms with E-state index in [0.29, 0.717) is 43.0 Å². The number of carbonyl (C=O) groups is 1. The highest BCUT2D eigenvalue weighted by Gasteiger charge is 2.35. The topological polar surface area (TPSA) is 113 Å². The predicted molar refractivity (Wildman–Crippen MR) is 128 cm³/mol. The summed E-state index contributed by atoms with van der Waals surface area (Å²) in [6.07, 6.45) is 0.762. The Morgan fingerprint density at radius 3 is 2.79 bits per heavy atom. The van der Waals surface area contributed by atoms with E-state index >= 15 is 0 Å². The van der Waals surface area contributed by atoms with Crippen LogP contribution in [-0.4, -0.2) is 89.9 Å². The zero-order valence-corrected chi connectivity index (χ0v) is 20.0. The second-order valence-electron chi connectivity index (χ2n) is 8.72. The number of anilines is 2. The van der Waals surface area contributed by atoms with E-state index in [4.69, 9.17) is 14.4 Å². The molecule has 0 radical (unpaired) electrons. The Morgan fingerprint density at radius 1 is 1.30 bits per heavy atom. The molecule has 5 rings (SSSR count). The molecule has 11 heteroatoms. The molecule has 2 aliphatic rings. The van der Waals surface area contributed by atoms with Gasteiger partial charge in [0.15, 0.2) is 0 Å². The SMILES string of the molecule is CN(C)C1CN(c2nc(N3CCN(C(=O)O)[C@@H](CC#N)C3)c3c(cc(Br)c4ccoc43)n2)C1. The van der Waals surface area contributed by atoms with Crippen LogP contribution in [-0.2, 0) is 0 Å². The lowest BCUT2D eigenvalue weighted by Gasteiger charge is -2.43. The molecule has 0 saturated carbocycles. The molecule has 1 amide bonds. The summed E-state index contributed by atoms with van der Waals surface area (Å²) in [5.74, 6) is 1.36. The molecule has 1 atom stereocenters. The number of amides is 1. The molecule has 0 bridgehead atoms. The van der Waals surface area contributed by atoms with Crippen LogP contribution < -0.4 is 9.80 Å². The van der Waals surface area contributed by atoms with Crippen molar-refractivity contribution in [3.05, 3.63) is 22.9 Å². The summed E-state index contributed by atoms with van der Waals surface area (Å²) < 4.78 is 6.74. The van der Waals surface area contributed by atoms with Gasteiger partial charge in [0.2, 0.25) is 5.95 Å². The minimum absolute atomic E-state index is 0.122. The molecule has 2 fully saturated rings. The highest BCUT2D eigenvalue weighted by atomic mass is 79.9. The summed E-state index contributed by atoms with van der Waals surface area (Å²) in [5.41, 5.74) is 1.45. The van der Waals surface area contributed by atoms with Crippen molar-refractivity contribution in [2.75, 3.05) is 56.6 Å². The van der Waals surface area contributed by atoms with Crippen molar-refractivity contribution in [1.29, 1.82) is 5.26 Å². The summed E-state index contributed by atoms with van der Waals surface area (Å²) in [5, 5.41) is 20.6. The molecule has 2 aromatic heterocycles. The molecule has 2 aliphatic heterocycles. The van der Waals surface area contributed by atoms with Crippen molar-refractivity contribution < 1.29 is 14.3 Å². The van der Waals surface area contributed by atoms with Crippen molar-refractivity contribution in [2.24, 2.45) is 0 Å². The second kappa shape index (κ2) is 8.35. The first-order valence-corrected chi connectivity index (χ1v) is 11.6. The highest BCUT2D eigenvalue weighted by Crippen LogP contribution is 2.38. The molecule has 0 unspecified atom stereocenters. The van der Waals surface area contributed by atoms with E-state index in [1.807, 2.05) is 12.1 Å². The average Bonchev–Trinajstić information content (AvgIpc) is 3.22. The Bertz CT molecular complexity index is 1260. The van der Waals surface area contributed by atoms with Gasteiger partial charge in [-0.15, -0.1) is 0 Å². The lowest BCUT2D eigenvalue weighted by atomic mass is 10.1. The van der Waals surface area contributed by atoms with Crippen LogP contribution in [0.25, 0.3) is 21.9 Å². The first-order chi connectivity index (χ1) is 15.9. The molecular formula is C22H24BrN7O3. The Morgan fingerprint density at radius 2 is 2.09 bits per heavy atom. The van der Waals surface area contributed by atoms with Gasteiger partial charge in [-0.05, 0) is 42.2 Å². The van der Waals surface area contributed by atoms with Crippen molar-refractivity contribution in [1.82, 2.24) is 19.8 Å². The molecule has 33 heavy (non-hydrogen) atoms. The quantitative estimate of drug-likeness (QED) is 0.562. The van der Waals surface area contributed by atoms with Crippen LogP contribution in [0, 0.1) is 11.3 Å². The fourth-order valence-electron chi connectivity index (χ4n) is 4.56. The van der Waals surface area contributed by atoms with Crippen LogP contribution in [0.2, 0.25) is 0 Å². The van der Waals surface area contributed by atoms with Gasteiger partial charge in [0, 0.05) is 48.6 Å². The van der Waals surface area contributed by atoms with Crippen LogP contribution in [0.5, 0.6) is 0 Å². The number of piperazine rings is 1. The summed E-state index contributed by atoms with van der Waals surface area (Å²) in [4.78, 5) is 29.3. The minimum atomic E-state index is -1.00. The van der Waals surface area contributed by atoms with Crippen molar-refractivity contribution in [3.8, 4) is 6.07 Å². The summed E-state index contributed by atoms with van der Waals surface area (Å²) >= 11 is 3.63. The normalized spacial score (nSPS) is 19.4. The van der Waals surface area contributed by atoms with E-state index in [9.17, 15) is 15.2 Å². The van der Waals surface area contributed by atoms with E-state index in [1.54, 1.807) is 6.26 Å². The standard InChI is InChI=1S/C22H24BrN7O3/c1-27(2)14-11-29(12-14)21-25-17-9-16(23)15-4-8-33-19(15)18(17)20(26-21)28-6-7-30(22(31)32)13(10-28)3-5-24/h4,8-9,13-14H,3,6-7,10-12H2,1-2H3,(H,31,32)/t13-/m0/s1. The number of carboxylic acid groups (broad SMARTS) is 1. The first kappa shape index (κ1) is 21.7. The molecule has 172 valence electrons. The number of aromatic nitrogens is 2. The van der Waals surface area contributed by atoms with E-state index in [2.05, 4.69) is 50.8 Å². The van der Waals surface area contributed by atoms with Crippen LogP contribution in [0.1, 0.15) is 6.42 Å². The van der Waals surface area contributed by atoms with E-state index in [1.165, 1.54) is 4.90 Å². The number of likely N-dealkylation sites (N-methyl/N-ethyl adjacent to an activating group) is 1. The maximum atomic E-state index is 11.7. The fourth-order valence-corrected chi connectivity index (χ4v) is 5.09. The average molecular weight is 514 g/mol. The number of rotatable bonds is 4. The van der Waals surface area contributed by atoms with Gasteiger partial charge in [-0.1, -0.05) is 0 Å². The maximum absolute atomic E-state index is 11.7. The number of hydrogen-bond acceptors (Lipinski definition) is 8. The number of benzene rings is 1. The molecule has 1 N–H and O–H groups in total. The molecule has 0 spiro atoms. The van der Waals surface area contributed by atoms with Crippen molar-refractivity contribution in [2.45, 2.75) is 18.5 Å². The Kier molecular flexibility index (Phi) is 5.50. The Hall–Kier alpha value is -3.10. The van der Waals surface area contributed by atoms with Gasteiger partial charge in [-0.3, -0.25) is 0 Å². The zero-order valence-electron chi connectivity index (χ0n) is 18.4. The third kappa shape index (κ3) is 3.73. The third-order valence-electron chi connectivity index (χ3n) is 6.55. The van der Waals surface area contributed by atoms with Gasteiger partial charge in [-0.25, -0.2) is 9.78 Å². The van der Waals surface area contributed by atoms with Gasteiger partial charge in [-0.2, -0.15) is 10.2 Å². The summed E-state index contributed by atoms with van der Waals surface area (Å²) in [6, 6.07) is 6.02. The molecule has 1 aromatic carbocycles. The van der Waals surface area contributed by atoms with E-state index < -0.39 is 12.1 Å². The fraction of sp³-hybridized carbons (Fsp3) is 0.455. The molecule has 3 aromatic rings. The van der Waals surface area contributed by atoms with Gasteiger partial charge < -0.3 is 29.1 Å². The van der Waals surface area contributed by atoms with Gasteiger partial charge in [0.05, 0.1) is 35.7 Å². The molecule has 10 nitrogen and oxygen atoms in total. The van der Waals surface area contributed by atoms with Crippen LogP contribution >= 0.6 is 15.9 Å². The van der Waals surface area contributed by atoms with Crippen LogP contribution in [0.4, 0.5) is 16.6 Å². The number of hydrogen-bond donors (Lipinski definition) is 1. The predicted octanol–water partition coefficient (Wildman–Crippen LogP) is 2.97. The summed E-state index contributed by atoms with van der Waals surface area (Å²) in [7, 11) is 4.13. The summed E-state index contributed by atoms with van der Waals surface area (Å²) in [6.45, 7) is 2.83.